The average molecular weight is 274 g/mol. The van der Waals surface area contributed by atoms with Crippen LogP contribution in [0.15, 0.2) is 9.59 Å². The lowest BCUT2D eigenvalue weighted by Crippen LogP contribution is -2.41. The number of nitrogen functional groups attached to an aromatic ring is 1. The molecule has 0 aliphatic carbocycles. The first-order valence-corrected chi connectivity index (χ1v) is 7.29. The van der Waals surface area contributed by atoms with E-state index >= 15 is 0 Å². The Morgan fingerprint density at radius 1 is 1.35 bits per heavy atom. The maximum atomic E-state index is 11.3. The zero-order valence-electron chi connectivity index (χ0n) is 10.3. The molecule has 0 atom stereocenters. The number of thiol groups is 1. The summed E-state index contributed by atoms with van der Waals surface area (Å²) < 4.78 is 0.114. The van der Waals surface area contributed by atoms with Gasteiger partial charge in [-0.2, -0.15) is 0 Å². The van der Waals surface area contributed by atoms with E-state index < -0.39 is 10.9 Å². The van der Waals surface area contributed by atoms with Crippen molar-refractivity contribution in [2.45, 2.75) is 31.4 Å². The van der Waals surface area contributed by atoms with Crippen molar-refractivity contribution < 1.29 is 0 Å². The van der Waals surface area contributed by atoms with Gasteiger partial charge < -0.3 is 10.6 Å². The molecule has 0 spiro atoms. The zero-order chi connectivity index (χ0) is 13.2. The van der Waals surface area contributed by atoms with Crippen LogP contribution in [0.3, 0.4) is 0 Å². The van der Waals surface area contributed by atoms with Gasteiger partial charge in [-0.3, -0.25) is 9.59 Å². The first-order valence-electron chi connectivity index (χ1n) is 5.42. The quantitative estimate of drug-likeness (QED) is 0.467. The molecule has 17 heavy (non-hydrogen) atoms. The number of anilines is 2. The van der Waals surface area contributed by atoms with Crippen molar-refractivity contribution in [2.24, 2.45) is 0 Å². The Bertz CT molecular complexity index is 464. The molecule has 0 aliphatic heterocycles. The summed E-state index contributed by atoms with van der Waals surface area (Å²) in [6.07, 6.45) is 1.91. The van der Waals surface area contributed by atoms with Crippen LogP contribution in [-0.2, 0) is 0 Å². The number of nitrogens with zero attached hydrogens (tertiary/aromatic N) is 1. The van der Waals surface area contributed by atoms with Crippen LogP contribution in [0.5, 0.6) is 0 Å². The Balaban J connectivity index is 2.50. The Hall–Kier alpha value is -0.620. The topological polar surface area (TPSA) is 63.4 Å². The maximum Gasteiger partial charge on any atom is 0.253 e. The Morgan fingerprint density at radius 2 is 1.94 bits per heavy atom. The molecule has 0 aliphatic rings. The fourth-order valence-corrected chi connectivity index (χ4v) is 2.19. The summed E-state index contributed by atoms with van der Waals surface area (Å²) in [6.45, 7) is 4.96. The van der Waals surface area contributed by atoms with Crippen LogP contribution in [0.25, 0.3) is 0 Å². The van der Waals surface area contributed by atoms with Crippen LogP contribution in [0.4, 0.5) is 11.4 Å². The number of nitrogens with two attached hydrogens (primary N) is 1. The largest absolute Gasteiger partial charge is 0.394 e. The van der Waals surface area contributed by atoms with Crippen molar-refractivity contribution in [3.05, 3.63) is 20.4 Å². The molecule has 2 N–H and O–H groups in total. The van der Waals surface area contributed by atoms with Crippen LogP contribution >= 0.6 is 22.5 Å². The number of hydrogen-bond acceptors (Lipinski definition) is 6. The Morgan fingerprint density at radius 3 is 2.41 bits per heavy atom. The van der Waals surface area contributed by atoms with Crippen molar-refractivity contribution >= 4 is 33.8 Å². The van der Waals surface area contributed by atoms with Crippen LogP contribution in [0.1, 0.15) is 26.7 Å². The summed E-state index contributed by atoms with van der Waals surface area (Å²) in [4.78, 5) is 24.0. The molecule has 0 saturated heterocycles. The second kappa shape index (κ2) is 5.35. The second-order valence-corrected chi connectivity index (χ2v) is 6.63. The van der Waals surface area contributed by atoms with E-state index in [-0.39, 0.29) is 10.4 Å². The zero-order valence-corrected chi connectivity index (χ0v) is 12.0. The Kier molecular flexibility index (Phi) is 4.55. The third kappa shape index (κ3) is 3.19. The highest BCUT2D eigenvalue weighted by molar-refractivity contribution is 8.69. The van der Waals surface area contributed by atoms with Crippen molar-refractivity contribution in [1.29, 1.82) is 0 Å². The molecular weight excluding hydrogens is 256 g/mol. The molecule has 1 aromatic carbocycles. The minimum Gasteiger partial charge on any atom is -0.394 e. The molecule has 96 valence electrons. The smallest absolute Gasteiger partial charge is 0.253 e. The molecule has 0 radical (unpaired) electrons. The van der Waals surface area contributed by atoms with Gasteiger partial charge in [0, 0.05) is 18.3 Å². The lowest BCUT2D eigenvalue weighted by Gasteiger charge is -2.25. The summed E-state index contributed by atoms with van der Waals surface area (Å²) in [5.74, 6) is 0. The monoisotopic (exact) mass is 274 g/mol. The lowest BCUT2D eigenvalue weighted by atomic mass is 10.1. The van der Waals surface area contributed by atoms with E-state index in [1.807, 2.05) is 0 Å². The molecule has 0 saturated carbocycles. The van der Waals surface area contributed by atoms with Gasteiger partial charge in [-0.25, -0.2) is 0 Å². The fourth-order valence-electron chi connectivity index (χ4n) is 1.68. The maximum absolute atomic E-state index is 11.3. The van der Waals surface area contributed by atoms with Gasteiger partial charge in [-0.05, 0) is 26.7 Å². The molecule has 0 amide bonds. The van der Waals surface area contributed by atoms with Gasteiger partial charge in [-0.15, -0.1) is 11.7 Å². The summed E-state index contributed by atoms with van der Waals surface area (Å²) in [5.41, 5.74) is 4.93. The third-order valence-electron chi connectivity index (χ3n) is 2.82. The van der Waals surface area contributed by atoms with Crippen molar-refractivity contribution in [3.63, 3.8) is 0 Å². The van der Waals surface area contributed by atoms with Gasteiger partial charge >= 0.3 is 0 Å². The third-order valence-corrected chi connectivity index (χ3v) is 5.00. The van der Waals surface area contributed by atoms with E-state index in [0.29, 0.717) is 12.2 Å². The molecular formula is C11H18N2O2S2. The summed E-state index contributed by atoms with van der Waals surface area (Å²) in [5, 5.41) is 0. The van der Waals surface area contributed by atoms with E-state index in [4.69, 9.17) is 5.73 Å². The van der Waals surface area contributed by atoms with Gasteiger partial charge in [0.05, 0.1) is 0 Å². The van der Waals surface area contributed by atoms with Gasteiger partial charge in [0.2, 0.25) is 0 Å². The van der Waals surface area contributed by atoms with Gasteiger partial charge in [0.25, 0.3) is 10.9 Å². The number of rotatable bonds is 6. The first-order chi connectivity index (χ1) is 7.80. The molecule has 0 aromatic heterocycles. The highest BCUT2D eigenvalue weighted by atomic mass is 33.1. The normalized spacial score (nSPS) is 12.0. The van der Waals surface area contributed by atoms with E-state index in [1.54, 1.807) is 11.9 Å². The predicted octanol–water partition coefficient (Wildman–Crippen LogP) is 1.44. The SMILES string of the molecule is CN(CCCC(C)(C)SS)c1c(N)c(=O)c1=O. The number of hydrogen-bond donors (Lipinski definition) is 2. The van der Waals surface area contributed by atoms with Gasteiger partial charge in [0.15, 0.2) is 0 Å². The predicted molar refractivity (Wildman–Crippen MR) is 78.9 cm³/mol. The molecule has 0 unspecified atom stereocenters. The summed E-state index contributed by atoms with van der Waals surface area (Å²) >= 11 is 4.21. The molecule has 0 heterocycles. The van der Waals surface area contributed by atoms with Crippen LogP contribution in [-0.4, -0.2) is 18.3 Å². The first kappa shape index (κ1) is 14.4. The lowest BCUT2D eigenvalue weighted by molar-refractivity contribution is 0.602. The molecule has 1 aromatic rings. The van der Waals surface area contributed by atoms with Gasteiger partial charge in [-0.1, -0.05) is 10.8 Å². The minimum absolute atomic E-state index is 0.0975. The fraction of sp³-hybridized carbons (Fsp3) is 0.636. The van der Waals surface area contributed by atoms with E-state index in [1.165, 1.54) is 10.8 Å². The van der Waals surface area contributed by atoms with Crippen LogP contribution in [0, 0.1) is 0 Å². The molecule has 0 fully saturated rings. The van der Waals surface area contributed by atoms with Crippen LogP contribution in [0.2, 0.25) is 0 Å². The minimum atomic E-state index is -0.557. The molecule has 4 nitrogen and oxygen atoms in total. The van der Waals surface area contributed by atoms with Crippen molar-refractivity contribution in [1.82, 2.24) is 0 Å². The standard InChI is InChI=1S/C11H18N2O2S2/c1-11(2,17-16)5-4-6-13(3)8-7(12)9(14)10(8)15/h16H,4-6,12H2,1-3H3. The highest BCUT2D eigenvalue weighted by Gasteiger charge is 2.22. The second-order valence-electron chi connectivity index (χ2n) is 4.80. The Labute approximate surface area is 110 Å². The van der Waals surface area contributed by atoms with E-state index in [9.17, 15) is 9.59 Å². The average Bonchev–Trinajstić information content (AvgIpc) is 2.28. The summed E-state index contributed by atoms with van der Waals surface area (Å²) in [7, 11) is 3.31. The van der Waals surface area contributed by atoms with Crippen LogP contribution < -0.4 is 21.5 Å². The van der Waals surface area contributed by atoms with E-state index in [2.05, 4.69) is 25.5 Å². The highest BCUT2D eigenvalue weighted by Crippen LogP contribution is 2.32. The molecule has 0 bridgehead atoms. The van der Waals surface area contributed by atoms with Crippen molar-refractivity contribution in [2.75, 3.05) is 24.2 Å². The summed E-state index contributed by atoms with van der Waals surface area (Å²) in [6, 6.07) is 0. The van der Waals surface area contributed by atoms with E-state index in [0.717, 1.165) is 12.8 Å². The molecule has 1 rings (SSSR count). The molecule has 6 heteroatoms. The van der Waals surface area contributed by atoms with Crippen molar-refractivity contribution in [3.8, 4) is 0 Å². The van der Waals surface area contributed by atoms with Gasteiger partial charge in [0.1, 0.15) is 11.4 Å².